The van der Waals surface area contributed by atoms with Gasteiger partial charge >= 0.3 is 0 Å². The van der Waals surface area contributed by atoms with Gasteiger partial charge in [-0.3, -0.25) is 4.90 Å². The molecular formula is C20H35IN4. The van der Waals surface area contributed by atoms with E-state index in [1.54, 1.807) is 0 Å². The second-order valence-electron chi connectivity index (χ2n) is 7.86. The van der Waals surface area contributed by atoms with E-state index < -0.39 is 0 Å². The van der Waals surface area contributed by atoms with E-state index in [2.05, 4.69) is 43.0 Å². The van der Waals surface area contributed by atoms with Crippen molar-refractivity contribution in [2.45, 2.75) is 33.4 Å². The molecule has 1 heterocycles. The number of rotatable bonds is 4. The van der Waals surface area contributed by atoms with Crippen LogP contribution in [0.25, 0.3) is 0 Å². The Morgan fingerprint density at radius 2 is 1.44 bits per heavy atom. The van der Waals surface area contributed by atoms with E-state index in [1.807, 2.05) is 38.0 Å². The number of hydrogen-bond acceptors (Lipinski definition) is 2. The summed E-state index contributed by atoms with van der Waals surface area (Å²) in [6.07, 6.45) is 1.37. The van der Waals surface area contributed by atoms with Crippen molar-refractivity contribution in [2.75, 3.05) is 41.3 Å². The summed E-state index contributed by atoms with van der Waals surface area (Å²) in [7, 11) is 8.12. The lowest BCUT2D eigenvalue weighted by Crippen LogP contribution is -2.38. The number of nitrogens with zero attached hydrogens (tertiary/aromatic N) is 4. The highest BCUT2D eigenvalue weighted by Gasteiger charge is 2.21. The lowest BCUT2D eigenvalue weighted by atomic mass is 9.91. The van der Waals surface area contributed by atoms with Gasteiger partial charge < -0.3 is 9.80 Å². The van der Waals surface area contributed by atoms with Crippen LogP contribution in [0, 0.1) is 11.8 Å². The van der Waals surface area contributed by atoms with Crippen LogP contribution in [0.15, 0.2) is 29.3 Å². The Hall–Kier alpha value is -0.820. The van der Waals surface area contributed by atoms with Crippen LogP contribution in [0.1, 0.15) is 31.4 Å². The number of halogens is 1. The Kier molecular flexibility index (Phi) is 9.21. The molecule has 25 heavy (non-hydrogen) atoms. The van der Waals surface area contributed by atoms with Gasteiger partial charge in [0.05, 0.1) is 6.54 Å². The third kappa shape index (κ3) is 7.13. The van der Waals surface area contributed by atoms with Crippen molar-refractivity contribution in [3.63, 3.8) is 0 Å². The Morgan fingerprint density at radius 1 is 0.960 bits per heavy atom. The van der Waals surface area contributed by atoms with Crippen molar-refractivity contribution in [3.8, 4) is 0 Å². The fourth-order valence-corrected chi connectivity index (χ4v) is 3.77. The molecule has 0 radical (unpaired) electrons. The van der Waals surface area contributed by atoms with Crippen LogP contribution < -0.4 is 0 Å². The van der Waals surface area contributed by atoms with Crippen LogP contribution in [0.2, 0.25) is 0 Å². The number of piperidine rings is 1. The van der Waals surface area contributed by atoms with Crippen molar-refractivity contribution in [1.29, 1.82) is 0 Å². The molecule has 5 heteroatoms. The standard InChI is InChI=1S/C20H34N4.HI/c1-16-11-17(2)14-24(13-16)15-19-9-7-18(8-10-19)12-21-20(22(3)4)23(5)6;/h7-10,16-17H,11-15H2,1-6H3;1H. The molecule has 1 aliphatic heterocycles. The highest BCUT2D eigenvalue weighted by molar-refractivity contribution is 14.0. The highest BCUT2D eigenvalue weighted by atomic mass is 127. The summed E-state index contributed by atoms with van der Waals surface area (Å²) in [5, 5.41) is 0. The molecule has 1 aliphatic rings. The van der Waals surface area contributed by atoms with E-state index >= 15 is 0 Å². The van der Waals surface area contributed by atoms with E-state index in [-0.39, 0.29) is 24.0 Å². The van der Waals surface area contributed by atoms with Crippen LogP contribution >= 0.6 is 24.0 Å². The number of hydrogen-bond donors (Lipinski definition) is 0. The van der Waals surface area contributed by atoms with Gasteiger partial charge in [0.2, 0.25) is 0 Å². The quantitative estimate of drug-likeness (QED) is 0.390. The fraction of sp³-hybridized carbons (Fsp3) is 0.650. The minimum absolute atomic E-state index is 0. The molecule has 1 fully saturated rings. The Bertz CT molecular complexity index is 519. The molecule has 4 nitrogen and oxygen atoms in total. The summed E-state index contributed by atoms with van der Waals surface area (Å²) in [6.45, 7) is 8.99. The van der Waals surface area contributed by atoms with Crippen LogP contribution in [-0.2, 0) is 13.1 Å². The minimum Gasteiger partial charge on any atom is -0.349 e. The van der Waals surface area contributed by atoms with Crippen molar-refractivity contribution < 1.29 is 0 Å². The van der Waals surface area contributed by atoms with Gasteiger partial charge in [-0.2, -0.15) is 0 Å². The molecule has 0 N–H and O–H groups in total. The van der Waals surface area contributed by atoms with Gasteiger partial charge in [0.15, 0.2) is 5.96 Å². The molecule has 142 valence electrons. The van der Waals surface area contributed by atoms with Gasteiger partial charge in [0.25, 0.3) is 0 Å². The molecule has 1 aromatic carbocycles. The third-order valence-electron chi connectivity index (χ3n) is 4.58. The number of aliphatic imine (C=N–C) groups is 1. The van der Waals surface area contributed by atoms with Gasteiger partial charge in [0.1, 0.15) is 0 Å². The zero-order chi connectivity index (χ0) is 17.7. The molecule has 0 amide bonds. The molecule has 2 rings (SSSR count). The second kappa shape index (κ2) is 10.4. The zero-order valence-electron chi connectivity index (χ0n) is 16.7. The van der Waals surface area contributed by atoms with Gasteiger partial charge in [0, 0.05) is 47.8 Å². The lowest BCUT2D eigenvalue weighted by molar-refractivity contribution is 0.134. The Labute approximate surface area is 171 Å². The summed E-state index contributed by atoms with van der Waals surface area (Å²) in [5.74, 6) is 2.63. The summed E-state index contributed by atoms with van der Waals surface area (Å²) in [6, 6.07) is 8.97. The van der Waals surface area contributed by atoms with E-state index in [4.69, 9.17) is 4.99 Å². The summed E-state index contributed by atoms with van der Waals surface area (Å²) >= 11 is 0. The van der Waals surface area contributed by atoms with Gasteiger partial charge in [-0.15, -0.1) is 24.0 Å². The topological polar surface area (TPSA) is 22.1 Å². The maximum atomic E-state index is 4.72. The molecule has 0 bridgehead atoms. The predicted octanol–water partition coefficient (Wildman–Crippen LogP) is 3.76. The molecule has 0 saturated carbocycles. The molecular weight excluding hydrogens is 423 g/mol. The predicted molar refractivity (Wildman–Crippen MR) is 119 cm³/mol. The van der Waals surface area contributed by atoms with E-state index in [0.29, 0.717) is 0 Å². The van der Waals surface area contributed by atoms with Gasteiger partial charge in [-0.25, -0.2) is 4.99 Å². The average Bonchev–Trinajstić information content (AvgIpc) is 2.47. The highest BCUT2D eigenvalue weighted by Crippen LogP contribution is 2.22. The normalized spacial score (nSPS) is 20.6. The average molecular weight is 458 g/mol. The largest absolute Gasteiger partial charge is 0.349 e. The van der Waals surface area contributed by atoms with Crippen molar-refractivity contribution in [1.82, 2.24) is 14.7 Å². The van der Waals surface area contributed by atoms with Crippen molar-refractivity contribution in [2.24, 2.45) is 16.8 Å². The zero-order valence-corrected chi connectivity index (χ0v) is 19.0. The molecule has 0 aliphatic carbocycles. The number of benzene rings is 1. The van der Waals surface area contributed by atoms with E-state index in [1.165, 1.54) is 30.6 Å². The lowest BCUT2D eigenvalue weighted by Gasteiger charge is -2.35. The second-order valence-corrected chi connectivity index (χ2v) is 7.86. The summed E-state index contributed by atoms with van der Waals surface area (Å²) in [5.41, 5.74) is 2.67. The SMILES string of the molecule is CC1CC(C)CN(Cc2ccc(CN=C(N(C)C)N(C)C)cc2)C1.I. The first kappa shape index (κ1) is 22.2. The molecule has 0 aromatic heterocycles. The first-order valence-corrected chi connectivity index (χ1v) is 9.04. The first-order chi connectivity index (χ1) is 11.3. The molecule has 1 aromatic rings. The van der Waals surface area contributed by atoms with Gasteiger partial charge in [-0.05, 0) is 29.4 Å². The van der Waals surface area contributed by atoms with Crippen LogP contribution in [-0.4, -0.2) is 61.9 Å². The smallest absolute Gasteiger partial charge is 0.195 e. The molecule has 2 atom stereocenters. The monoisotopic (exact) mass is 458 g/mol. The number of guanidine groups is 1. The van der Waals surface area contributed by atoms with Crippen LogP contribution in [0.4, 0.5) is 0 Å². The van der Waals surface area contributed by atoms with Crippen molar-refractivity contribution in [3.05, 3.63) is 35.4 Å². The van der Waals surface area contributed by atoms with Crippen LogP contribution in [0.5, 0.6) is 0 Å². The molecule has 2 unspecified atom stereocenters. The van der Waals surface area contributed by atoms with Crippen LogP contribution in [0.3, 0.4) is 0 Å². The first-order valence-electron chi connectivity index (χ1n) is 9.04. The van der Waals surface area contributed by atoms with E-state index in [9.17, 15) is 0 Å². The fourth-order valence-electron chi connectivity index (χ4n) is 3.77. The summed E-state index contributed by atoms with van der Waals surface area (Å²) in [4.78, 5) is 11.4. The maximum Gasteiger partial charge on any atom is 0.195 e. The maximum absolute atomic E-state index is 4.72. The Balaban J connectivity index is 0.00000312. The van der Waals surface area contributed by atoms with Gasteiger partial charge in [-0.1, -0.05) is 38.1 Å². The van der Waals surface area contributed by atoms with Crippen molar-refractivity contribution >= 4 is 29.9 Å². The Morgan fingerprint density at radius 3 is 1.92 bits per heavy atom. The van der Waals surface area contributed by atoms with E-state index in [0.717, 1.165) is 30.9 Å². The summed E-state index contributed by atoms with van der Waals surface area (Å²) < 4.78 is 0. The minimum atomic E-state index is 0. The molecule has 1 saturated heterocycles. The molecule has 0 spiro atoms. The number of likely N-dealkylation sites (tertiary alicyclic amines) is 1. The third-order valence-corrected chi connectivity index (χ3v) is 4.58.